The second kappa shape index (κ2) is 4.18. The minimum absolute atomic E-state index is 0.396. The summed E-state index contributed by atoms with van der Waals surface area (Å²) in [5.41, 5.74) is 1.26. The van der Waals surface area contributed by atoms with Gasteiger partial charge < -0.3 is 0 Å². The van der Waals surface area contributed by atoms with Gasteiger partial charge in [0.1, 0.15) is 5.78 Å². The molecule has 0 unspecified atom stereocenters. The predicted molar refractivity (Wildman–Crippen MR) is 59.6 cm³/mol. The van der Waals surface area contributed by atoms with Crippen molar-refractivity contribution in [3.63, 3.8) is 0 Å². The van der Waals surface area contributed by atoms with E-state index in [-0.39, 0.29) is 0 Å². The van der Waals surface area contributed by atoms with Crippen LogP contribution in [0.1, 0.15) is 18.4 Å². The molecule has 0 atom stereocenters. The van der Waals surface area contributed by atoms with E-state index in [2.05, 4.69) is 25.1 Å². The summed E-state index contributed by atoms with van der Waals surface area (Å²) in [7, 11) is 0. The van der Waals surface area contributed by atoms with E-state index in [0.29, 0.717) is 17.5 Å². The monoisotopic (exact) mass is 206 g/mol. The van der Waals surface area contributed by atoms with Gasteiger partial charge in [0, 0.05) is 10.8 Å². The molecule has 2 rings (SSSR count). The Hall–Kier alpha value is -0.760. The maximum absolute atomic E-state index is 11.4. The first kappa shape index (κ1) is 9.78. The molecule has 0 N–H and O–H groups in total. The molecule has 2 heteroatoms. The molecule has 1 aliphatic rings. The molecule has 1 fully saturated rings. The molecule has 1 aliphatic carbocycles. The summed E-state index contributed by atoms with van der Waals surface area (Å²) in [5.74, 6) is 1.47. The summed E-state index contributed by atoms with van der Waals surface area (Å²) >= 11 is 1.66. The number of benzene rings is 1. The fourth-order valence-corrected chi connectivity index (χ4v) is 2.37. The number of thioether (sulfide) groups is 1. The van der Waals surface area contributed by atoms with Crippen molar-refractivity contribution in [1.82, 2.24) is 0 Å². The highest BCUT2D eigenvalue weighted by Crippen LogP contribution is 2.32. The van der Waals surface area contributed by atoms with Crippen molar-refractivity contribution in [2.24, 2.45) is 5.92 Å². The molecule has 0 amide bonds. The van der Waals surface area contributed by atoms with E-state index in [9.17, 15) is 4.79 Å². The van der Waals surface area contributed by atoms with Crippen molar-refractivity contribution in [2.45, 2.75) is 24.7 Å². The number of rotatable bonds is 4. The Morgan fingerprint density at radius 1 is 1.50 bits per heavy atom. The number of carbonyl (C=O) groups excluding carboxylic acids is 1. The number of Topliss-reactive ketones (excluding diaryl/α,β-unsaturated/α-hetero) is 1. The fourth-order valence-electron chi connectivity index (χ4n) is 1.38. The molecule has 0 bridgehead atoms. The van der Waals surface area contributed by atoms with Crippen LogP contribution in [0.4, 0.5) is 0 Å². The highest BCUT2D eigenvalue weighted by Gasteiger charge is 2.28. The number of hydrogen-bond donors (Lipinski definition) is 0. The number of ketones is 1. The van der Waals surface area contributed by atoms with E-state index in [4.69, 9.17) is 0 Å². The third-order valence-corrected chi connectivity index (χ3v) is 3.42. The van der Waals surface area contributed by atoms with Crippen LogP contribution in [0.15, 0.2) is 29.2 Å². The molecule has 0 saturated heterocycles. The lowest BCUT2D eigenvalue weighted by atomic mass is 10.2. The molecular formula is C12H14OS. The van der Waals surface area contributed by atoms with Crippen molar-refractivity contribution in [3.8, 4) is 0 Å². The summed E-state index contributed by atoms with van der Waals surface area (Å²) < 4.78 is 0. The molecule has 14 heavy (non-hydrogen) atoms. The van der Waals surface area contributed by atoms with Gasteiger partial charge in [0.25, 0.3) is 0 Å². The zero-order valence-electron chi connectivity index (χ0n) is 8.32. The maximum atomic E-state index is 11.4. The minimum atomic E-state index is 0.396. The van der Waals surface area contributed by atoms with E-state index in [1.54, 1.807) is 11.8 Å². The Morgan fingerprint density at radius 3 is 2.93 bits per heavy atom. The van der Waals surface area contributed by atoms with Gasteiger partial charge in [-0.2, -0.15) is 0 Å². The summed E-state index contributed by atoms with van der Waals surface area (Å²) in [5, 5.41) is 0. The second-order valence-corrected chi connectivity index (χ2v) is 4.89. The van der Waals surface area contributed by atoms with Crippen molar-refractivity contribution in [2.75, 3.05) is 5.75 Å². The van der Waals surface area contributed by atoms with Gasteiger partial charge in [-0.05, 0) is 31.9 Å². The molecule has 0 spiro atoms. The molecule has 0 heterocycles. The Kier molecular flexibility index (Phi) is 2.92. The average Bonchev–Trinajstić information content (AvgIpc) is 2.97. The lowest BCUT2D eigenvalue weighted by Crippen LogP contribution is -2.02. The molecule has 0 aliphatic heterocycles. The Morgan fingerprint density at radius 2 is 2.29 bits per heavy atom. The lowest BCUT2D eigenvalue weighted by Gasteiger charge is -2.01. The third kappa shape index (κ3) is 2.61. The van der Waals surface area contributed by atoms with Crippen molar-refractivity contribution >= 4 is 17.5 Å². The van der Waals surface area contributed by atoms with Crippen LogP contribution in [0.5, 0.6) is 0 Å². The van der Waals surface area contributed by atoms with Gasteiger partial charge in [0.05, 0.1) is 5.75 Å². The quantitative estimate of drug-likeness (QED) is 0.704. The van der Waals surface area contributed by atoms with Crippen LogP contribution < -0.4 is 0 Å². The fraction of sp³-hybridized carbons (Fsp3) is 0.417. The standard InChI is InChI=1S/C12H14OS/c1-9-3-2-4-11(7-9)14-8-12(13)10-5-6-10/h2-4,7,10H,5-6,8H2,1H3. The molecule has 1 aromatic rings. The van der Waals surface area contributed by atoms with Crippen molar-refractivity contribution in [3.05, 3.63) is 29.8 Å². The smallest absolute Gasteiger partial charge is 0.146 e. The van der Waals surface area contributed by atoms with Gasteiger partial charge >= 0.3 is 0 Å². The van der Waals surface area contributed by atoms with E-state index < -0.39 is 0 Å². The number of hydrogen-bond acceptors (Lipinski definition) is 2. The number of aryl methyl sites for hydroxylation is 1. The highest BCUT2D eigenvalue weighted by atomic mass is 32.2. The van der Waals surface area contributed by atoms with Gasteiger partial charge in [-0.25, -0.2) is 0 Å². The van der Waals surface area contributed by atoms with Crippen LogP contribution in [0.25, 0.3) is 0 Å². The molecule has 1 aromatic carbocycles. The van der Waals surface area contributed by atoms with Crippen LogP contribution >= 0.6 is 11.8 Å². The Bertz CT molecular complexity index is 342. The van der Waals surface area contributed by atoms with E-state index in [1.807, 2.05) is 6.07 Å². The van der Waals surface area contributed by atoms with E-state index in [1.165, 1.54) is 10.5 Å². The molecule has 74 valence electrons. The molecular weight excluding hydrogens is 192 g/mol. The zero-order chi connectivity index (χ0) is 9.97. The predicted octanol–water partition coefficient (Wildman–Crippen LogP) is 3.07. The maximum Gasteiger partial charge on any atom is 0.146 e. The zero-order valence-corrected chi connectivity index (χ0v) is 9.14. The molecule has 1 saturated carbocycles. The third-order valence-electron chi connectivity index (χ3n) is 2.40. The highest BCUT2D eigenvalue weighted by molar-refractivity contribution is 8.00. The Labute approximate surface area is 88.9 Å². The minimum Gasteiger partial charge on any atom is -0.298 e. The van der Waals surface area contributed by atoms with Crippen LogP contribution in [-0.2, 0) is 4.79 Å². The first-order chi connectivity index (χ1) is 6.75. The average molecular weight is 206 g/mol. The van der Waals surface area contributed by atoms with E-state index >= 15 is 0 Å². The van der Waals surface area contributed by atoms with Gasteiger partial charge in [-0.15, -0.1) is 11.8 Å². The largest absolute Gasteiger partial charge is 0.298 e. The van der Waals surface area contributed by atoms with Gasteiger partial charge in [0.15, 0.2) is 0 Å². The first-order valence-electron chi connectivity index (χ1n) is 4.98. The summed E-state index contributed by atoms with van der Waals surface area (Å²) in [6, 6.07) is 8.31. The normalized spacial score (nSPS) is 15.5. The first-order valence-corrected chi connectivity index (χ1v) is 5.96. The lowest BCUT2D eigenvalue weighted by molar-refractivity contribution is -0.117. The van der Waals surface area contributed by atoms with Crippen molar-refractivity contribution in [1.29, 1.82) is 0 Å². The summed E-state index contributed by atoms with van der Waals surface area (Å²) in [4.78, 5) is 12.7. The number of carbonyl (C=O) groups is 1. The summed E-state index contributed by atoms with van der Waals surface area (Å²) in [6.45, 7) is 2.08. The molecule has 0 aromatic heterocycles. The van der Waals surface area contributed by atoms with Crippen LogP contribution in [0.2, 0.25) is 0 Å². The topological polar surface area (TPSA) is 17.1 Å². The van der Waals surface area contributed by atoms with Gasteiger partial charge in [-0.1, -0.05) is 17.7 Å². The SMILES string of the molecule is Cc1cccc(SCC(=O)C2CC2)c1. The van der Waals surface area contributed by atoms with Gasteiger partial charge in [0.2, 0.25) is 0 Å². The van der Waals surface area contributed by atoms with Crippen LogP contribution in [0, 0.1) is 12.8 Å². The van der Waals surface area contributed by atoms with Crippen LogP contribution in [-0.4, -0.2) is 11.5 Å². The van der Waals surface area contributed by atoms with Crippen molar-refractivity contribution < 1.29 is 4.79 Å². The van der Waals surface area contributed by atoms with Gasteiger partial charge in [-0.3, -0.25) is 4.79 Å². The molecule has 1 nitrogen and oxygen atoms in total. The second-order valence-electron chi connectivity index (χ2n) is 3.85. The molecule has 0 radical (unpaired) electrons. The summed E-state index contributed by atoms with van der Waals surface area (Å²) in [6.07, 6.45) is 2.24. The Balaban J connectivity index is 1.87. The van der Waals surface area contributed by atoms with E-state index in [0.717, 1.165) is 12.8 Å². The van der Waals surface area contributed by atoms with Crippen LogP contribution in [0.3, 0.4) is 0 Å².